The van der Waals surface area contributed by atoms with Crippen molar-refractivity contribution >= 4 is 11.8 Å². The Morgan fingerprint density at radius 1 is 1.32 bits per heavy atom. The van der Waals surface area contributed by atoms with Gasteiger partial charge in [0.2, 0.25) is 0 Å². The van der Waals surface area contributed by atoms with E-state index in [-0.39, 0.29) is 6.04 Å². The summed E-state index contributed by atoms with van der Waals surface area (Å²) in [4.78, 5) is 13.8. The lowest BCUT2D eigenvalue weighted by Gasteiger charge is -2.35. The number of amides is 1. The Balaban J connectivity index is 1.79. The van der Waals surface area contributed by atoms with Crippen LogP contribution in [0.4, 0.5) is 19.3 Å². The molecule has 2 heterocycles. The SMILES string of the molecule is COC(=O)N1c2ccc(-c3cnn(C4CC4)c3)c(OCC(F)F)c2CC[C@@H]1C. The van der Waals surface area contributed by atoms with Crippen molar-refractivity contribution in [2.45, 2.75) is 51.1 Å². The first-order chi connectivity index (χ1) is 13.5. The smallest absolute Gasteiger partial charge is 0.414 e. The number of nitrogens with zero attached hydrogens (tertiary/aromatic N) is 3. The van der Waals surface area contributed by atoms with Crippen LogP contribution in [0.25, 0.3) is 11.1 Å². The molecule has 1 aromatic carbocycles. The summed E-state index contributed by atoms with van der Waals surface area (Å²) in [6, 6.07) is 4.02. The molecule has 1 saturated carbocycles. The first kappa shape index (κ1) is 18.7. The van der Waals surface area contributed by atoms with Gasteiger partial charge in [0.1, 0.15) is 12.4 Å². The normalized spacial score (nSPS) is 18.9. The number of aromatic nitrogens is 2. The van der Waals surface area contributed by atoms with Gasteiger partial charge in [-0.25, -0.2) is 13.6 Å². The number of hydrogen-bond donors (Lipinski definition) is 0. The van der Waals surface area contributed by atoms with Crippen molar-refractivity contribution in [2.24, 2.45) is 0 Å². The molecule has 1 aromatic heterocycles. The zero-order chi connectivity index (χ0) is 19.8. The highest BCUT2D eigenvalue weighted by atomic mass is 19.3. The number of hydrogen-bond acceptors (Lipinski definition) is 4. The molecular formula is C20H23F2N3O3. The monoisotopic (exact) mass is 391 g/mol. The molecule has 1 aliphatic heterocycles. The van der Waals surface area contributed by atoms with Crippen LogP contribution < -0.4 is 9.64 Å². The van der Waals surface area contributed by atoms with Gasteiger partial charge >= 0.3 is 6.09 Å². The maximum absolute atomic E-state index is 12.9. The lowest BCUT2D eigenvalue weighted by molar-refractivity contribution is 0.0816. The van der Waals surface area contributed by atoms with E-state index >= 15 is 0 Å². The summed E-state index contributed by atoms with van der Waals surface area (Å²) >= 11 is 0. The van der Waals surface area contributed by atoms with Crippen LogP contribution in [0.3, 0.4) is 0 Å². The second kappa shape index (κ2) is 7.41. The third kappa shape index (κ3) is 3.43. The standard InChI is InChI=1S/C20H23F2N3O3/c1-12-3-6-16-17(25(12)20(26)27-2)8-7-15(19(16)28-11-18(21)22)13-9-23-24(10-13)14-4-5-14/h7-10,12,14,18H,3-6,11H2,1-2H3/t12-/m0/s1. The van der Waals surface area contributed by atoms with Crippen LogP contribution in [-0.4, -0.2) is 42.1 Å². The molecule has 4 rings (SSSR count). The molecule has 1 atom stereocenters. The highest BCUT2D eigenvalue weighted by Gasteiger charge is 2.33. The fourth-order valence-corrected chi connectivity index (χ4v) is 3.74. The molecule has 0 N–H and O–H groups in total. The van der Waals surface area contributed by atoms with Crippen LogP contribution in [0, 0.1) is 0 Å². The second-order valence-corrected chi connectivity index (χ2v) is 7.31. The number of alkyl halides is 2. The Labute approximate surface area is 162 Å². The largest absolute Gasteiger partial charge is 0.487 e. The van der Waals surface area contributed by atoms with Gasteiger partial charge in [-0.15, -0.1) is 0 Å². The summed E-state index contributed by atoms with van der Waals surface area (Å²) in [5.74, 6) is 0.397. The van der Waals surface area contributed by atoms with Gasteiger partial charge < -0.3 is 9.47 Å². The minimum Gasteiger partial charge on any atom is -0.487 e. The van der Waals surface area contributed by atoms with Gasteiger partial charge in [-0.2, -0.15) is 5.10 Å². The zero-order valence-electron chi connectivity index (χ0n) is 15.9. The molecule has 8 heteroatoms. The van der Waals surface area contributed by atoms with Crippen molar-refractivity contribution < 1.29 is 23.0 Å². The Bertz CT molecular complexity index is 880. The van der Waals surface area contributed by atoms with Crippen molar-refractivity contribution in [3.63, 3.8) is 0 Å². The molecule has 2 aromatic rings. The van der Waals surface area contributed by atoms with Crippen molar-refractivity contribution in [3.05, 3.63) is 30.1 Å². The van der Waals surface area contributed by atoms with E-state index in [4.69, 9.17) is 9.47 Å². The number of halogens is 2. The van der Waals surface area contributed by atoms with Crippen LogP contribution in [0.1, 0.15) is 37.8 Å². The summed E-state index contributed by atoms with van der Waals surface area (Å²) in [7, 11) is 1.33. The Kier molecular flexibility index (Phi) is 4.95. The quantitative estimate of drug-likeness (QED) is 0.756. The number of methoxy groups -OCH3 is 1. The number of rotatable bonds is 5. The predicted octanol–water partition coefficient (Wildman–Crippen LogP) is 4.44. The number of anilines is 1. The first-order valence-electron chi connectivity index (χ1n) is 9.48. The number of carbonyl (C=O) groups excluding carboxylic acids is 1. The number of benzene rings is 1. The molecule has 150 valence electrons. The summed E-state index contributed by atoms with van der Waals surface area (Å²) in [5.41, 5.74) is 2.93. The van der Waals surface area contributed by atoms with Crippen LogP contribution in [0.2, 0.25) is 0 Å². The number of carbonyl (C=O) groups is 1. The lowest BCUT2D eigenvalue weighted by Crippen LogP contribution is -2.42. The minimum atomic E-state index is -2.59. The topological polar surface area (TPSA) is 56.6 Å². The average molecular weight is 391 g/mol. The Hall–Kier alpha value is -2.64. The minimum absolute atomic E-state index is 0.0497. The Morgan fingerprint density at radius 3 is 2.79 bits per heavy atom. The molecule has 0 unspecified atom stereocenters. The molecule has 1 amide bonds. The summed E-state index contributed by atoms with van der Waals surface area (Å²) in [5, 5.41) is 4.40. The highest BCUT2D eigenvalue weighted by Crippen LogP contribution is 2.44. The molecule has 0 spiro atoms. The Morgan fingerprint density at radius 2 is 2.11 bits per heavy atom. The van der Waals surface area contributed by atoms with Crippen LogP contribution >= 0.6 is 0 Å². The molecular weight excluding hydrogens is 368 g/mol. The van der Waals surface area contributed by atoms with E-state index in [0.717, 1.165) is 24.0 Å². The molecule has 28 heavy (non-hydrogen) atoms. The van der Waals surface area contributed by atoms with E-state index in [1.165, 1.54) is 7.11 Å². The maximum atomic E-state index is 12.9. The van der Waals surface area contributed by atoms with Crippen LogP contribution in [0.5, 0.6) is 5.75 Å². The van der Waals surface area contributed by atoms with Crippen molar-refractivity contribution in [3.8, 4) is 16.9 Å². The van der Waals surface area contributed by atoms with Gasteiger partial charge in [-0.3, -0.25) is 9.58 Å². The molecule has 2 aliphatic rings. The van der Waals surface area contributed by atoms with Gasteiger partial charge in [-0.05, 0) is 44.7 Å². The van der Waals surface area contributed by atoms with Crippen LogP contribution in [-0.2, 0) is 11.2 Å². The van der Waals surface area contributed by atoms with E-state index in [0.29, 0.717) is 35.9 Å². The van der Waals surface area contributed by atoms with Gasteiger partial charge in [0.05, 0.1) is 25.0 Å². The predicted molar refractivity (Wildman–Crippen MR) is 100 cm³/mol. The molecule has 0 saturated heterocycles. The third-order valence-electron chi connectivity index (χ3n) is 5.31. The number of ether oxygens (including phenoxy) is 2. The van der Waals surface area contributed by atoms with E-state index in [1.807, 2.05) is 29.9 Å². The van der Waals surface area contributed by atoms with Crippen molar-refractivity contribution in [1.29, 1.82) is 0 Å². The second-order valence-electron chi connectivity index (χ2n) is 7.31. The molecule has 1 fully saturated rings. The van der Waals surface area contributed by atoms with Crippen molar-refractivity contribution in [1.82, 2.24) is 9.78 Å². The molecule has 1 aliphatic carbocycles. The summed E-state index contributed by atoms with van der Waals surface area (Å²) in [6.07, 6.45) is 4.14. The molecule has 6 nitrogen and oxygen atoms in total. The molecule has 0 bridgehead atoms. The summed E-state index contributed by atoms with van der Waals surface area (Å²) in [6.45, 7) is 1.24. The van der Waals surface area contributed by atoms with Gasteiger partial charge in [0.25, 0.3) is 6.43 Å². The number of fused-ring (bicyclic) bond motifs is 1. The highest BCUT2D eigenvalue weighted by molar-refractivity contribution is 5.92. The van der Waals surface area contributed by atoms with Gasteiger partial charge in [0.15, 0.2) is 0 Å². The lowest BCUT2D eigenvalue weighted by atomic mass is 9.92. The van der Waals surface area contributed by atoms with E-state index < -0.39 is 19.1 Å². The van der Waals surface area contributed by atoms with Crippen LogP contribution in [0.15, 0.2) is 24.5 Å². The third-order valence-corrected chi connectivity index (χ3v) is 5.31. The fraction of sp³-hybridized carbons (Fsp3) is 0.500. The van der Waals surface area contributed by atoms with Gasteiger partial charge in [-0.1, -0.05) is 0 Å². The van der Waals surface area contributed by atoms with E-state index in [2.05, 4.69) is 5.10 Å². The van der Waals surface area contributed by atoms with E-state index in [1.54, 1.807) is 11.1 Å². The van der Waals surface area contributed by atoms with E-state index in [9.17, 15) is 13.6 Å². The zero-order valence-corrected chi connectivity index (χ0v) is 15.9. The van der Waals surface area contributed by atoms with Crippen molar-refractivity contribution in [2.75, 3.05) is 18.6 Å². The average Bonchev–Trinajstić information content (AvgIpc) is 3.42. The first-order valence-corrected chi connectivity index (χ1v) is 9.48. The maximum Gasteiger partial charge on any atom is 0.414 e. The van der Waals surface area contributed by atoms with Gasteiger partial charge in [0, 0.05) is 28.9 Å². The fourth-order valence-electron chi connectivity index (χ4n) is 3.74. The molecule has 0 radical (unpaired) electrons. The summed E-state index contributed by atoms with van der Waals surface area (Å²) < 4.78 is 38.2.